The zero-order valence-electron chi connectivity index (χ0n) is 26.7. The molecular formula is C34H42ClN3O7S. The van der Waals surface area contributed by atoms with E-state index in [1.54, 1.807) is 6.07 Å². The summed E-state index contributed by atoms with van der Waals surface area (Å²) in [5, 5.41) is 3.40. The maximum absolute atomic E-state index is 14.4. The lowest BCUT2D eigenvalue weighted by atomic mass is 9.95. The van der Waals surface area contributed by atoms with Gasteiger partial charge in [0.25, 0.3) is 10.0 Å². The Hall–Kier alpha value is -3.96. The highest BCUT2D eigenvalue weighted by molar-refractivity contribution is 7.92. The summed E-state index contributed by atoms with van der Waals surface area (Å²) in [6, 6.07) is 17.2. The van der Waals surface area contributed by atoms with Gasteiger partial charge in [0.05, 0.1) is 31.9 Å². The molecule has 0 bridgehead atoms. The molecule has 0 radical (unpaired) electrons. The van der Waals surface area contributed by atoms with E-state index in [0.29, 0.717) is 12.2 Å². The van der Waals surface area contributed by atoms with Crippen molar-refractivity contribution in [2.75, 3.05) is 32.2 Å². The van der Waals surface area contributed by atoms with Gasteiger partial charge in [0.15, 0.2) is 11.5 Å². The molecule has 0 unspecified atom stereocenters. The molecule has 46 heavy (non-hydrogen) atoms. The average molecular weight is 672 g/mol. The molecule has 12 heteroatoms. The van der Waals surface area contributed by atoms with E-state index in [0.717, 1.165) is 42.0 Å². The standard InChI is InChI=1S/C34H42ClN3O7S/c1-5-28(34(40)36-26-14-10-7-11-15-26)37(22-24-12-8-6-9-13-24)33(39)23-38(29-20-25(35)16-18-30(29)43-2)46(41,42)27-17-19-31(44-3)32(21-27)45-4/h6,8-9,12-13,16-21,26,28H,5,7,10-11,14-15,22-23H2,1-4H3,(H,36,40)/t28-/m1/s1. The minimum atomic E-state index is -4.43. The number of anilines is 1. The molecule has 3 aromatic rings. The van der Waals surface area contributed by atoms with Crippen molar-refractivity contribution in [3.05, 3.63) is 77.3 Å². The fraction of sp³-hybridized carbons (Fsp3) is 0.412. The van der Waals surface area contributed by atoms with Gasteiger partial charge in [-0.05, 0) is 55.2 Å². The highest BCUT2D eigenvalue weighted by Crippen LogP contribution is 2.37. The number of benzene rings is 3. The number of carbonyl (C=O) groups excluding carboxylic acids is 2. The zero-order chi connectivity index (χ0) is 33.3. The summed E-state index contributed by atoms with van der Waals surface area (Å²) in [5.74, 6) is -0.0934. The quantitative estimate of drug-likeness (QED) is 0.230. The van der Waals surface area contributed by atoms with Gasteiger partial charge in [-0.25, -0.2) is 8.42 Å². The number of rotatable bonds is 14. The number of methoxy groups -OCH3 is 3. The van der Waals surface area contributed by atoms with E-state index in [-0.39, 0.29) is 45.6 Å². The number of hydrogen-bond acceptors (Lipinski definition) is 7. The van der Waals surface area contributed by atoms with Crippen molar-refractivity contribution in [1.29, 1.82) is 0 Å². The minimum absolute atomic E-state index is 0.0432. The molecule has 1 saturated carbocycles. The molecular weight excluding hydrogens is 630 g/mol. The number of hydrogen-bond donors (Lipinski definition) is 1. The molecule has 0 heterocycles. The summed E-state index contributed by atoms with van der Waals surface area (Å²) in [7, 11) is -0.173. The number of halogens is 1. The smallest absolute Gasteiger partial charge is 0.265 e. The second-order valence-corrected chi connectivity index (χ2v) is 13.4. The van der Waals surface area contributed by atoms with Crippen molar-refractivity contribution in [2.24, 2.45) is 0 Å². The first-order valence-corrected chi connectivity index (χ1v) is 17.2. The van der Waals surface area contributed by atoms with Crippen LogP contribution in [-0.2, 0) is 26.2 Å². The van der Waals surface area contributed by atoms with Gasteiger partial charge in [-0.2, -0.15) is 0 Å². The first-order chi connectivity index (χ1) is 22.1. The molecule has 1 aliphatic carbocycles. The molecule has 1 N–H and O–H groups in total. The Morgan fingerprint density at radius 3 is 2.17 bits per heavy atom. The Bertz CT molecular complexity index is 1600. The lowest BCUT2D eigenvalue weighted by molar-refractivity contribution is -0.140. The normalized spacial score (nSPS) is 14.2. The van der Waals surface area contributed by atoms with Gasteiger partial charge in [0.1, 0.15) is 18.3 Å². The lowest BCUT2D eigenvalue weighted by Gasteiger charge is -2.34. The molecule has 0 aliphatic heterocycles. The summed E-state index contributed by atoms with van der Waals surface area (Å²) >= 11 is 6.35. The van der Waals surface area contributed by atoms with Crippen LogP contribution in [-0.4, -0.2) is 65.1 Å². The average Bonchev–Trinajstić information content (AvgIpc) is 3.07. The van der Waals surface area contributed by atoms with Crippen molar-refractivity contribution in [2.45, 2.75) is 69.0 Å². The number of sulfonamides is 1. The Morgan fingerprint density at radius 1 is 0.891 bits per heavy atom. The van der Waals surface area contributed by atoms with Crippen LogP contribution in [0.25, 0.3) is 0 Å². The van der Waals surface area contributed by atoms with Gasteiger partial charge in [0, 0.05) is 23.7 Å². The third-order valence-electron chi connectivity index (χ3n) is 8.16. The van der Waals surface area contributed by atoms with E-state index in [4.69, 9.17) is 25.8 Å². The van der Waals surface area contributed by atoms with Crippen molar-refractivity contribution in [3.8, 4) is 17.2 Å². The van der Waals surface area contributed by atoms with Crippen molar-refractivity contribution in [1.82, 2.24) is 10.2 Å². The van der Waals surface area contributed by atoms with Crippen molar-refractivity contribution >= 4 is 39.1 Å². The van der Waals surface area contributed by atoms with Gasteiger partial charge in [0.2, 0.25) is 11.8 Å². The number of amides is 2. The van der Waals surface area contributed by atoms with Crippen LogP contribution in [0.1, 0.15) is 51.0 Å². The molecule has 1 aliphatic rings. The van der Waals surface area contributed by atoms with E-state index in [9.17, 15) is 18.0 Å². The predicted octanol–water partition coefficient (Wildman–Crippen LogP) is 5.82. The van der Waals surface area contributed by atoms with Crippen LogP contribution in [0.2, 0.25) is 5.02 Å². The highest BCUT2D eigenvalue weighted by Gasteiger charge is 2.36. The van der Waals surface area contributed by atoms with E-state index in [2.05, 4.69) is 5.32 Å². The summed E-state index contributed by atoms with van der Waals surface area (Å²) in [6.07, 6.45) is 5.33. The number of ether oxygens (including phenoxy) is 3. The van der Waals surface area contributed by atoms with Crippen LogP contribution < -0.4 is 23.8 Å². The van der Waals surface area contributed by atoms with E-state index in [1.165, 1.54) is 56.6 Å². The fourth-order valence-corrected chi connectivity index (χ4v) is 7.32. The summed E-state index contributed by atoms with van der Waals surface area (Å²) in [4.78, 5) is 29.5. The van der Waals surface area contributed by atoms with Crippen LogP contribution in [0.15, 0.2) is 71.6 Å². The Labute approximate surface area is 276 Å². The number of nitrogens with one attached hydrogen (secondary N) is 1. The molecule has 4 rings (SSSR count). The summed E-state index contributed by atoms with van der Waals surface area (Å²) < 4.78 is 46.0. The largest absolute Gasteiger partial charge is 0.495 e. The predicted molar refractivity (Wildman–Crippen MR) is 178 cm³/mol. The summed E-state index contributed by atoms with van der Waals surface area (Å²) in [5.41, 5.74) is 0.868. The second-order valence-electron chi connectivity index (χ2n) is 11.1. The van der Waals surface area contributed by atoms with E-state index < -0.39 is 28.5 Å². The molecule has 10 nitrogen and oxygen atoms in total. The van der Waals surface area contributed by atoms with E-state index >= 15 is 0 Å². The molecule has 0 aromatic heterocycles. The number of carbonyl (C=O) groups is 2. The van der Waals surface area contributed by atoms with Gasteiger partial charge in [-0.3, -0.25) is 13.9 Å². The fourth-order valence-electron chi connectivity index (χ4n) is 5.72. The van der Waals surface area contributed by atoms with Crippen molar-refractivity contribution in [3.63, 3.8) is 0 Å². The molecule has 0 spiro atoms. The SMILES string of the molecule is CC[C@H](C(=O)NC1CCCCC1)N(Cc1ccccc1)C(=O)CN(c1cc(Cl)ccc1OC)S(=O)(=O)c1ccc(OC)c(OC)c1. The number of nitrogens with zero attached hydrogens (tertiary/aromatic N) is 2. The molecule has 1 fully saturated rings. The van der Waals surface area contributed by atoms with Gasteiger partial charge >= 0.3 is 0 Å². The maximum Gasteiger partial charge on any atom is 0.265 e. The van der Waals surface area contributed by atoms with Gasteiger partial charge < -0.3 is 24.4 Å². The van der Waals surface area contributed by atoms with Crippen LogP contribution in [0.4, 0.5) is 5.69 Å². The molecule has 1 atom stereocenters. The van der Waals surface area contributed by atoms with Crippen molar-refractivity contribution < 1.29 is 32.2 Å². The zero-order valence-corrected chi connectivity index (χ0v) is 28.3. The Morgan fingerprint density at radius 2 is 1.54 bits per heavy atom. The first kappa shape index (κ1) is 34.9. The Balaban J connectivity index is 1.78. The third-order valence-corrected chi connectivity index (χ3v) is 10.2. The summed E-state index contributed by atoms with van der Waals surface area (Å²) in [6.45, 7) is 1.31. The van der Waals surface area contributed by atoms with Crippen LogP contribution in [0.3, 0.4) is 0 Å². The maximum atomic E-state index is 14.4. The minimum Gasteiger partial charge on any atom is -0.495 e. The lowest BCUT2D eigenvalue weighted by Crippen LogP contribution is -2.54. The molecule has 0 saturated heterocycles. The molecule has 3 aromatic carbocycles. The topological polar surface area (TPSA) is 114 Å². The van der Waals surface area contributed by atoms with Crippen LogP contribution in [0.5, 0.6) is 17.2 Å². The first-order valence-electron chi connectivity index (χ1n) is 15.3. The monoisotopic (exact) mass is 671 g/mol. The Kier molecular flexibility index (Phi) is 12.2. The van der Waals surface area contributed by atoms with Crippen LogP contribution >= 0.6 is 11.6 Å². The van der Waals surface area contributed by atoms with Gasteiger partial charge in [-0.15, -0.1) is 0 Å². The van der Waals surface area contributed by atoms with E-state index in [1.807, 2.05) is 37.3 Å². The second kappa shape index (κ2) is 16.0. The molecule has 248 valence electrons. The van der Waals surface area contributed by atoms with Crippen LogP contribution in [0, 0.1) is 0 Å². The third kappa shape index (κ3) is 8.24. The molecule has 2 amide bonds. The van der Waals surface area contributed by atoms with Gasteiger partial charge in [-0.1, -0.05) is 68.1 Å². The highest BCUT2D eigenvalue weighted by atomic mass is 35.5.